The Morgan fingerprint density at radius 3 is 2.30 bits per heavy atom. The summed E-state index contributed by atoms with van der Waals surface area (Å²) in [6.07, 6.45) is 0. The van der Waals surface area contributed by atoms with Crippen molar-refractivity contribution in [1.29, 1.82) is 0 Å². The SMILES string of the molecule is Cc1ccc([N-][n+]2c(C)cccc2SCc2ccccc2)cc1. The van der Waals surface area contributed by atoms with Crippen LogP contribution in [0.15, 0.2) is 77.8 Å². The van der Waals surface area contributed by atoms with Crippen LogP contribution in [0.4, 0.5) is 5.69 Å². The highest BCUT2D eigenvalue weighted by Gasteiger charge is 2.09. The van der Waals surface area contributed by atoms with Crippen molar-refractivity contribution in [1.82, 2.24) is 0 Å². The van der Waals surface area contributed by atoms with Crippen molar-refractivity contribution < 1.29 is 4.68 Å². The number of benzene rings is 2. The highest BCUT2D eigenvalue weighted by Crippen LogP contribution is 2.23. The van der Waals surface area contributed by atoms with Gasteiger partial charge in [-0.3, -0.25) is 0 Å². The van der Waals surface area contributed by atoms with Crippen LogP contribution in [0.25, 0.3) is 5.43 Å². The quantitative estimate of drug-likeness (QED) is 0.457. The Morgan fingerprint density at radius 2 is 1.57 bits per heavy atom. The standard InChI is InChI=1S/C20H20N2S/c1-16-11-13-19(14-12-16)21-22-17(2)7-6-10-20(22)23-15-18-8-4-3-5-9-18/h3-14H,15H2,1-2H3. The van der Waals surface area contributed by atoms with Crippen LogP contribution in [0, 0.1) is 13.8 Å². The zero-order valence-electron chi connectivity index (χ0n) is 13.4. The minimum Gasteiger partial charge on any atom is -0.404 e. The molecular weight excluding hydrogens is 300 g/mol. The Labute approximate surface area is 142 Å². The van der Waals surface area contributed by atoms with Crippen molar-refractivity contribution in [2.24, 2.45) is 0 Å². The molecule has 0 bridgehead atoms. The number of hydrogen-bond donors (Lipinski definition) is 0. The second-order valence-electron chi connectivity index (χ2n) is 5.53. The molecule has 116 valence electrons. The van der Waals surface area contributed by atoms with E-state index in [1.165, 1.54) is 11.1 Å². The molecule has 1 heterocycles. The summed E-state index contributed by atoms with van der Waals surface area (Å²) in [6, 6.07) is 25.1. The molecule has 1 aromatic heterocycles. The van der Waals surface area contributed by atoms with Crippen molar-refractivity contribution in [2.75, 3.05) is 0 Å². The molecule has 3 rings (SSSR count). The fraction of sp³-hybridized carbons (Fsp3) is 0.150. The Morgan fingerprint density at radius 1 is 0.826 bits per heavy atom. The summed E-state index contributed by atoms with van der Waals surface area (Å²) in [5.41, 5.74) is 9.46. The lowest BCUT2D eigenvalue weighted by Crippen LogP contribution is -2.34. The van der Waals surface area contributed by atoms with Crippen molar-refractivity contribution in [3.63, 3.8) is 0 Å². The van der Waals surface area contributed by atoms with Crippen LogP contribution >= 0.6 is 11.8 Å². The van der Waals surface area contributed by atoms with Gasteiger partial charge in [-0.05, 0) is 18.6 Å². The molecule has 0 fully saturated rings. The first-order valence-corrected chi connectivity index (χ1v) is 8.68. The fourth-order valence-corrected chi connectivity index (χ4v) is 3.27. The molecule has 0 aliphatic heterocycles. The van der Waals surface area contributed by atoms with Crippen LogP contribution in [0.3, 0.4) is 0 Å². The molecule has 2 aromatic carbocycles. The summed E-state index contributed by atoms with van der Waals surface area (Å²) in [4.78, 5) is 0. The van der Waals surface area contributed by atoms with E-state index < -0.39 is 0 Å². The summed E-state index contributed by atoms with van der Waals surface area (Å²) < 4.78 is 2.03. The molecule has 0 spiro atoms. The van der Waals surface area contributed by atoms with E-state index in [0.29, 0.717) is 0 Å². The van der Waals surface area contributed by atoms with E-state index in [0.717, 1.165) is 22.2 Å². The third-order valence-electron chi connectivity index (χ3n) is 3.60. The molecule has 2 nitrogen and oxygen atoms in total. The second kappa shape index (κ2) is 7.34. The van der Waals surface area contributed by atoms with Crippen LogP contribution < -0.4 is 4.68 Å². The van der Waals surface area contributed by atoms with Gasteiger partial charge in [0, 0.05) is 24.8 Å². The molecule has 0 amide bonds. The summed E-state index contributed by atoms with van der Waals surface area (Å²) in [5.74, 6) is 0.938. The van der Waals surface area contributed by atoms with Gasteiger partial charge in [0.2, 0.25) is 5.03 Å². The highest BCUT2D eigenvalue weighted by molar-refractivity contribution is 7.98. The van der Waals surface area contributed by atoms with Crippen LogP contribution in [-0.4, -0.2) is 0 Å². The van der Waals surface area contributed by atoms with Crippen LogP contribution in [0.1, 0.15) is 16.8 Å². The minimum atomic E-state index is 0.938. The lowest BCUT2D eigenvalue weighted by atomic mass is 10.2. The predicted molar refractivity (Wildman–Crippen MR) is 97.0 cm³/mol. The molecule has 0 unspecified atom stereocenters. The normalized spacial score (nSPS) is 10.5. The van der Waals surface area contributed by atoms with Crippen molar-refractivity contribution in [2.45, 2.75) is 24.6 Å². The first-order chi connectivity index (χ1) is 11.2. The minimum absolute atomic E-state index is 0.938. The number of nitrogens with zero attached hydrogens (tertiary/aromatic N) is 2. The van der Waals surface area contributed by atoms with E-state index in [9.17, 15) is 0 Å². The van der Waals surface area contributed by atoms with E-state index in [1.54, 1.807) is 11.8 Å². The van der Waals surface area contributed by atoms with E-state index >= 15 is 0 Å². The molecular formula is C20H20N2S. The average molecular weight is 320 g/mol. The second-order valence-corrected chi connectivity index (χ2v) is 6.52. The molecule has 0 saturated carbocycles. The molecule has 0 atom stereocenters. The number of hydrogen-bond acceptors (Lipinski definition) is 1. The lowest BCUT2D eigenvalue weighted by Gasteiger charge is -2.19. The van der Waals surface area contributed by atoms with Crippen LogP contribution in [0.2, 0.25) is 0 Å². The van der Waals surface area contributed by atoms with Gasteiger partial charge in [0.25, 0.3) is 0 Å². The summed E-state index contributed by atoms with van der Waals surface area (Å²) in [6.45, 7) is 4.18. The largest absolute Gasteiger partial charge is 0.404 e. The maximum absolute atomic E-state index is 4.79. The highest BCUT2D eigenvalue weighted by atomic mass is 32.2. The zero-order chi connectivity index (χ0) is 16.1. The first kappa shape index (κ1) is 15.6. The molecule has 0 N–H and O–H groups in total. The molecule has 23 heavy (non-hydrogen) atoms. The van der Waals surface area contributed by atoms with Gasteiger partial charge in [-0.25, -0.2) is 4.68 Å². The number of thioether (sulfide) groups is 1. The van der Waals surface area contributed by atoms with Gasteiger partial charge >= 0.3 is 0 Å². The summed E-state index contributed by atoms with van der Waals surface area (Å²) >= 11 is 1.81. The maximum Gasteiger partial charge on any atom is 0.236 e. The number of aryl methyl sites for hydroxylation is 2. The monoisotopic (exact) mass is 320 g/mol. The van der Waals surface area contributed by atoms with E-state index in [1.807, 2.05) is 10.7 Å². The summed E-state index contributed by atoms with van der Waals surface area (Å²) in [7, 11) is 0. The topological polar surface area (TPSA) is 18.0 Å². The van der Waals surface area contributed by atoms with E-state index in [4.69, 9.17) is 5.43 Å². The molecule has 0 aliphatic carbocycles. The van der Waals surface area contributed by atoms with E-state index in [2.05, 4.69) is 80.6 Å². The van der Waals surface area contributed by atoms with Crippen molar-refractivity contribution >= 4 is 17.4 Å². The zero-order valence-corrected chi connectivity index (χ0v) is 14.3. The average Bonchev–Trinajstić information content (AvgIpc) is 2.58. The van der Waals surface area contributed by atoms with Crippen molar-refractivity contribution in [3.05, 3.63) is 95.0 Å². The van der Waals surface area contributed by atoms with Gasteiger partial charge in [0.1, 0.15) is 0 Å². The number of rotatable bonds is 5. The number of pyridine rings is 1. The van der Waals surface area contributed by atoms with Gasteiger partial charge < -0.3 is 5.43 Å². The van der Waals surface area contributed by atoms with Gasteiger partial charge in [0.15, 0.2) is 5.69 Å². The molecule has 0 radical (unpaired) electrons. The van der Waals surface area contributed by atoms with Gasteiger partial charge in [-0.2, -0.15) is 0 Å². The Hall–Kier alpha value is -2.26. The third-order valence-corrected chi connectivity index (χ3v) is 4.68. The Bertz CT molecular complexity index is 767. The van der Waals surface area contributed by atoms with Gasteiger partial charge in [0.05, 0.1) is 0 Å². The maximum atomic E-state index is 4.79. The predicted octanol–water partition coefficient (Wildman–Crippen LogP) is 5.35. The van der Waals surface area contributed by atoms with Crippen molar-refractivity contribution in [3.8, 4) is 0 Å². The number of aromatic nitrogens is 1. The lowest BCUT2D eigenvalue weighted by molar-refractivity contribution is -0.664. The molecule has 3 aromatic rings. The Balaban J connectivity index is 1.80. The first-order valence-electron chi connectivity index (χ1n) is 7.69. The smallest absolute Gasteiger partial charge is 0.236 e. The molecule has 3 heteroatoms. The third kappa shape index (κ3) is 4.14. The van der Waals surface area contributed by atoms with E-state index in [-0.39, 0.29) is 0 Å². The molecule has 0 aliphatic rings. The molecule has 0 saturated heterocycles. The van der Waals surface area contributed by atoms with Gasteiger partial charge in [-0.15, -0.1) is 0 Å². The van der Waals surface area contributed by atoms with Gasteiger partial charge in [-0.1, -0.05) is 77.6 Å². The fourth-order valence-electron chi connectivity index (χ4n) is 2.28. The van der Waals surface area contributed by atoms with Crippen LogP contribution in [0.5, 0.6) is 0 Å². The summed E-state index contributed by atoms with van der Waals surface area (Å²) in [5, 5.41) is 1.15. The Kier molecular flexibility index (Phi) is 4.99. The van der Waals surface area contributed by atoms with Crippen LogP contribution in [-0.2, 0) is 5.75 Å².